The standard InChI is InChI=1S/C27H43N3O4S/c1-7-10-15-29(14-9-3)26(34)23-27-12-11-20(35-27)21(24(32)28(6)13-8-2)22(27)25(33)30(23)19(17-31)16-18(4)5/h8-9,18-23,31H,2-3,7,10-17H2,1,4-6H3/t19-,20+,21-,22+,23?,27?/m1/s1. The van der Waals surface area contributed by atoms with Crippen molar-refractivity contribution < 1.29 is 19.5 Å². The van der Waals surface area contributed by atoms with Gasteiger partial charge in [0.15, 0.2) is 0 Å². The Kier molecular flexibility index (Phi) is 9.13. The quantitative estimate of drug-likeness (QED) is 0.389. The van der Waals surface area contributed by atoms with Crippen LogP contribution >= 0.6 is 11.8 Å². The molecule has 0 aromatic rings. The molecule has 3 aliphatic heterocycles. The molecule has 2 unspecified atom stereocenters. The molecule has 6 atom stereocenters. The van der Waals surface area contributed by atoms with Gasteiger partial charge in [-0.3, -0.25) is 14.4 Å². The minimum atomic E-state index is -0.676. The maximum atomic E-state index is 14.2. The first-order valence-electron chi connectivity index (χ1n) is 13.0. The molecular formula is C27H43N3O4S. The molecule has 0 aromatic carbocycles. The average Bonchev–Trinajstić information content (AvgIpc) is 3.46. The summed E-state index contributed by atoms with van der Waals surface area (Å²) in [6.45, 7) is 15.0. The lowest BCUT2D eigenvalue weighted by atomic mass is 9.70. The van der Waals surface area contributed by atoms with E-state index in [0.717, 1.165) is 25.7 Å². The molecule has 0 aliphatic carbocycles. The van der Waals surface area contributed by atoms with Gasteiger partial charge in [-0.15, -0.1) is 24.9 Å². The van der Waals surface area contributed by atoms with Crippen LogP contribution < -0.4 is 0 Å². The molecule has 3 amide bonds. The van der Waals surface area contributed by atoms with Gasteiger partial charge in [-0.05, 0) is 31.6 Å². The third-order valence-corrected chi connectivity index (χ3v) is 9.78. The van der Waals surface area contributed by atoms with Gasteiger partial charge in [-0.25, -0.2) is 0 Å². The van der Waals surface area contributed by atoms with Gasteiger partial charge >= 0.3 is 0 Å². The molecule has 35 heavy (non-hydrogen) atoms. The first-order chi connectivity index (χ1) is 16.7. The van der Waals surface area contributed by atoms with Crippen molar-refractivity contribution in [3.63, 3.8) is 0 Å². The number of aliphatic hydroxyl groups is 1. The summed E-state index contributed by atoms with van der Waals surface area (Å²) in [6, 6.07) is -1.13. The third-order valence-electron chi connectivity index (χ3n) is 7.83. The number of carbonyl (C=O) groups is 3. The Morgan fingerprint density at radius 3 is 2.51 bits per heavy atom. The molecule has 0 saturated carbocycles. The number of likely N-dealkylation sites (N-methyl/N-ethyl adjacent to an activating group) is 1. The Labute approximate surface area is 215 Å². The molecule has 3 saturated heterocycles. The van der Waals surface area contributed by atoms with Gasteiger partial charge in [0.2, 0.25) is 17.7 Å². The average molecular weight is 506 g/mol. The lowest BCUT2D eigenvalue weighted by molar-refractivity contribution is -0.147. The highest BCUT2D eigenvalue weighted by atomic mass is 32.2. The van der Waals surface area contributed by atoms with E-state index in [-0.39, 0.29) is 35.5 Å². The van der Waals surface area contributed by atoms with Crippen LogP contribution in [0.3, 0.4) is 0 Å². The van der Waals surface area contributed by atoms with E-state index in [0.29, 0.717) is 26.1 Å². The van der Waals surface area contributed by atoms with E-state index >= 15 is 0 Å². The fraction of sp³-hybridized carbons (Fsp3) is 0.741. The minimum absolute atomic E-state index is 0.0299. The number of hydrogen-bond acceptors (Lipinski definition) is 5. The summed E-state index contributed by atoms with van der Waals surface area (Å²) in [5, 5.41) is 10.4. The second-order valence-electron chi connectivity index (χ2n) is 10.7. The van der Waals surface area contributed by atoms with Crippen molar-refractivity contribution in [2.45, 2.75) is 75.0 Å². The number of rotatable bonds is 13. The lowest BCUT2D eigenvalue weighted by Crippen LogP contribution is -2.57. The van der Waals surface area contributed by atoms with Crippen LogP contribution in [-0.2, 0) is 14.4 Å². The van der Waals surface area contributed by atoms with Crippen LogP contribution in [0.4, 0.5) is 0 Å². The molecule has 196 valence electrons. The molecule has 1 spiro atoms. The van der Waals surface area contributed by atoms with E-state index in [1.54, 1.807) is 40.8 Å². The zero-order valence-electron chi connectivity index (χ0n) is 21.8. The van der Waals surface area contributed by atoms with Crippen LogP contribution in [0, 0.1) is 17.8 Å². The Hall–Kier alpha value is -1.80. The van der Waals surface area contributed by atoms with E-state index < -0.39 is 28.7 Å². The molecule has 3 aliphatic rings. The molecule has 8 heteroatoms. The maximum Gasteiger partial charge on any atom is 0.247 e. The summed E-state index contributed by atoms with van der Waals surface area (Å²) in [5.74, 6) is -1.01. The van der Waals surface area contributed by atoms with Crippen molar-refractivity contribution in [3.8, 4) is 0 Å². The van der Waals surface area contributed by atoms with Crippen LogP contribution in [0.15, 0.2) is 25.3 Å². The zero-order chi connectivity index (χ0) is 25.9. The topological polar surface area (TPSA) is 81.2 Å². The number of unbranched alkanes of at least 4 members (excludes halogenated alkanes) is 1. The second-order valence-corrected chi connectivity index (χ2v) is 12.3. The normalized spacial score (nSPS) is 29.9. The summed E-state index contributed by atoms with van der Waals surface area (Å²) in [4.78, 5) is 47.1. The van der Waals surface area contributed by atoms with Crippen LogP contribution in [0.25, 0.3) is 0 Å². The Morgan fingerprint density at radius 2 is 1.94 bits per heavy atom. The summed E-state index contributed by atoms with van der Waals surface area (Å²) in [7, 11) is 1.75. The van der Waals surface area contributed by atoms with Gasteiger partial charge in [0, 0.05) is 31.9 Å². The van der Waals surface area contributed by atoms with E-state index in [1.807, 2.05) is 4.90 Å². The van der Waals surface area contributed by atoms with E-state index in [4.69, 9.17) is 0 Å². The first-order valence-corrected chi connectivity index (χ1v) is 13.9. The molecule has 0 aromatic heterocycles. The molecule has 7 nitrogen and oxygen atoms in total. The molecule has 2 bridgehead atoms. The highest BCUT2D eigenvalue weighted by molar-refractivity contribution is 8.02. The van der Waals surface area contributed by atoms with Gasteiger partial charge in [0.05, 0.1) is 29.2 Å². The van der Waals surface area contributed by atoms with Crippen molar-refractivity contribution in [1.82, 2.24) is 14.7 Å². The van der Waals surface area contributed by atoms with E-state index in [9.17, 15) is 19.5 Å². The molecule has 3 heterocycles. The highest BCUT2D eigenvalue weighted by Crippen LogP contribution is 2.67. The number of carbonyl (C=O) groups excluding carboxylic acids is 3. The minimum Gasteiger partial charge on any atom is -0.394 e. The number of hydrogen-bond donors (Lipinski definition) is 1. The summed E-state index contributed by atoms with van der Waals surface area (Å²) < 4.78 is -0.635. The largest absolute Gasteiger partial charge is 0.394 e. The van der Waals surface area contributed by atoms with Crippen LogP contribution in [0.1, 0.15) is 52.9 Å². The van der Waals surface area contributed by atoms with Crippen LogP contribution in [0.5, 0.6) is 0 Å². The Balaban J connectivity index is 2.07. The molecule has 1 N–H and O–H groups in total. The third kappa shape index (κ3) is 4.93. The van der Waals surface area contributed by atoms with Crippen molar-refractivity contribution in [1.29, 1.82) is 0 Å². The van der Waals surface area contributed by atoms with Crippen LogP contribution in [-0.4, -0.2) is 92.9 Å². The van der Waals surface area contributed by atoms with Crippen molar-refractivity contribution in [2.75, 3.05) is 33.3 Å². The highest BCUT2D eigenvalue weighted by Gasteiger charge is 2.74. The van der Waals surface area contributed by atoms with Crippen molar-refractivity contribution in [2.24, 2.45) is 17.8 Å². The molecular weight excluding hydrogens is 462 g/mol. The van der Waals surface area contributed by atoms with E-state index in [1.165, 1.54) is 0 Å². The number of aliphatic hydroxyl groups excluding tert-OH is 1. The Morgan fingerprint density at radius 1 is 1.26 bits per heavy atom. The number of fused-ring (bicyclic) bond motifs is 1. The smallest absolute Gasteiger partial charge is 0.247 e. The van der Waals surface area contributed by atoms with Gasteiger partial charge in [-0.2, -0.15) is 0 Å². The van der Waals surface area contributed by atoms with Gasteiger partial charge in [-0.1, -0.05) is 39.3 Å². The SMILES string of the molecule is C=CCN(C)C(=O)[C@@H]1[C@@H]2CCC3(S2)C(C(=O)N(CC=C)CCCC)N([C@@H](CO)CC(C)C)C(=O)[C@H]13. The lowest BCUT2D eigenvalue weighted by Gasteiger charge is -2.40. The number of amides is 3. The molecule has 3 rings (SSSR count). The predicted octanol–water partition coefficient (Wildman–Crippen LogP) is 2.94. The monoisotopic (exact) mass is 505 g/mol. The second kappa shape index (κ2) is 11.5. The van der Waals surface area contributed by atoms with Gasteiger partial charge in [0.1, 0.15) is 6.04 Å². The number of nitrogens with zero attached hydrogens (tertiary/aromatic N) is 3. The summed E-state index contributed by atoms with van der Waals surface area (Å²) >= 11 is 1.68. The van der Waals surface area contributed by atoms with Crippen molar-refractivity contribution >= 4 is 29.5 Å². The van der Waals surface area contributed by atoms with Crippen molar-refractivity contribution in [3.05, 3.63) is 25.3 Å². The predicted molar refractivity (Wildman–Crippen MR) is 141 cm³/mol. The number of likely N-dealkylation sites (tertiary alicyclic amines) is 1. The summed E-state index contributed by atoms with van der Waals surface area (Å²) in [6.07, 6.45) is 7.40. The number of thioether (sulfide) groups is 1. The van der Waals surface area contributed by atoms with E-state index in [2.05, 4.69) is 33.9 Å². The summed E-state index contributed by atoms with van der Waals surface area (Å²) in [5.41, 5.74) is 0. The van der Waals surface area contributed by atoms with Gasteiger partial charge in [0.25, 0.3) is 0 Å². The fourth-order valence-electron chi connectivity index (χ4n) is 6.37. The fourth-order valence-corrected chi connectivity index (χ4v) is 8.57. The zero-order valence-corrected chi connectivity index (χ0v) is 22.6. The molecule has 3 fully saturated rings. The first kappa shape index (κ1) is 27.8. The van der Waals surface area contributed by atoms with Crippen LogP contribution in [0.2, 0.25) is 0 Å². The van der Waals surface area contributed by atoms with Gasteiger partial charge < -0.3 is 19.8 Å². The molecule has 0 radical (unpaired) electrons. The maximum absolute atomic E-state index is 14.2. The Bertz CT molecular complexity index is 833.